The Hall–Kier alpha value is -1.38. The fraction of sp³-hybridized carbons (Fsp3) is 0.480. The van der Waals surface area contributed by atoms with E-state index < -0.39 is 20.1 Å². The molecule has 6 heteroatoms. The van der Waals surface area contributed by atoms with Crippen LogP contribution in [0.15, 0.2) is 60.7 Å². The van der Waals surface area contributed by atoms with Gasteiger partial charge in [0.05, 0.1) is 0 Å². The van der Waals surface area contributed by atoms with Gasteiger partial charge in [-0.15, -0.1) is 0 Å². The summed E-state index contributed by atoms with van der Waals surface area (Å²) in [6, 6.07) is 21.3. The van der Waals surface area contributed by atoms with Crippen molar-refractivity contribution in [3.63, 3.8) is 0 Å². The summed E-state index contributed by atoms with van der Waals surface area (Å²) in [6.07, 6.45) is 1.66. The smallest absolute Gasteiger partial charge is 0.431 e. The molecule has 1 aliphatic heterocycles. The van der Waals surface area contributed by atoms with Crippen LogP contribution >= 0.6 is 22.6 Å². The van der Waals surface area contributed by atoms with Crippen LogP contribution in [0.25, 0.3) is 0 Å². The molecule has 0 spiro atoms. The summed E-state index contributed by atoms with van der Waals surface area (Å²) < 4.78 is 18.5. The van der Waals surface area contributed by atoms with Gasteiger partial charge in [-0.25, -0.2) is 4.79 Å². The lowest BCUT2D eigenvalue weighted by Gasteiger charge is -2.43. The molecule has 0 aliphatic carbocycles. The molecule has 2 aromatic rings. The maximum absolute atomic E-state index is 11.9. The maximum atomic E-state index is 11.9. The molecule has 2 atom stereocenters. The number of rotatable bonds is 8. The average molecular weight is 553 g/mol. The van der Waals surface area contributed by atoms with E-state index in [1.54, 1.807) is 0 Å². The molecule has 0 aromatic heterocycles. The van der Waals surface area contributed by atoms with Crippen LogP contribution in [-0.4, -0.2) is 37.2 Å². The second kappa shape index (κ2) is 10.0. The van der Waals surface area contributed by atoms with E-state index in [1.807, 2.05) is 6.92 Å². The van der Waals surface area contributed by atoms with E-state index in [0.29, 0.717) is 6.61 Å². The van der Waals surface area contributed by atoms with E-state index in [2.05, 4.69) is 104 Å². The minimum Gasteiger partial charge on any atom is -0.431 e. The highest BCUT2D eigenvalue weighted by Gasteiger charge is 2.50. The van der Waals surface area contributed by atoms with E-state index in [1.165, 1.54) is 10.4 Å². The molecule has 31 heavy (non-hydrogen) atoms. The molecule has 4 nitrogen and oxygen atoms in total. The number of ether oxygens (including phenoxy) is 2. The summed E-state index contributed by atoms with van der Waals surface area (Å²) >= 11 is 2.27. The first kappa shape index (κ1) is 24.3. The summed E-state index contributed by atoms with van der Waals surface area (Å²) in [4.78, 5) is 11.9. The van der Waals surface area contributed by atoms with Crippen LogP contribution in [0.4, 0.5) is 4.79 Å². The van der Waals surface area contributed by atoms with Gasteiger partial charge in [-0.3, -0.25) is 0 Å². The SMILES string of the molecule is CC(C)(C)[Si](OCCC[C@H]1C[C@@](C)(CI)OC(=O)O1)(c1ccccc1)c1ccccc1. The van der Waals surface area contributed by atoms with Gasteiger partial charge < -0.3 is 13.9 Å². The minimum atomic E-state index is -2.52. The van der Waals surface area contributed by atoms with Gasteiger partial charge in [0.25, 0.3) is 8.32 Å². The Morgan fingerprint density at radius 1 is 1.06 bits per heavy atom. The molecule has 2 aromatic carbocycles. The number of benzene rings is 2. The maximum Gasteiger partial charge on any atom is 0.509 e. The average Bonchev–Trinajstić information content (AvgIpc) is 2.74. The zero-order chi connectivity index (χ0) is 22.5. The van der Waals surface area contributed by atoms with Crippen molar-refractivity contribution in [2.24, 2.45) is 0 Å². The van der Waals surface area contributed by atoms with Gasteiger partial charge in [0.1, 0.15) is 11.7 Å². The minimum absolute atomic E-state index is 0.0410. The summed E-state index contributed by atoms with van der Waals surface area (Å²) in [7, 11) is -2.52. The van der Waals surface area contributed by atoms with Crippen molar-refractivity contribution >= 4 is 47.4 Å². The predicted molar refractivity (Wildman–Crippen MR) is 136 cm³/mol. The zero-order valence-corrected chi connectivity index (χ0v) is 22.1. The molecule has 1 aliphatic rings. The number of hydrogen-bond donors (Lipinski definition) is 0. The van der Waals surface area contributed by atoms with Crippen molar-refractivity contribution < 1.29 is 18.7 Å². The highest BCUT2D eigenvalue weighted by molar-refractivity contribution is 14.1. The Bertz CT molecular complexity index is 813. The Balaban J connectivity index is 1.78. The van der Waals surface area contributed by atoms with Crippen LogP contribution in [0.2, 0.25) is 5.04 Å². The van der Waals surface area contributed by atoms with Crippen LogP contribution in [0.5, 0.6) is 0 Å². The Morgan fingerprint density at radius 2 is 1.61 bits per heavy atom. The third kappa shape index (κ3) is 5.52. The lowest BCUT2D eigenvalue weighted by molar-refractivity contribution is -0.0974. The van der Waals surface area contributed by atoms with Crippen LogP contribution in [0.3, 0.4) is 0 Å². The van der Waals surface area contributed by atoms with Crippen LogP contribution in [0.1, 0.15) is 47.0 Å². The van der Waals surface area contributed by atoms with Crippen molar-refractivity contribution in [1.82, 2.24) is 0 Å². The first-order valence-electron chi connectivity index (χ1n) is 10.9. The predicted octanol–water partition coefficient (Wildman–Crippen LogP) is 5.46. The number of carbonyl (C=O) groups excluding carboxylic acids is 1. The first-order valence-corrected chi connectivity index (χ1v) is 14.3. The quantitative estimate of drug-likeness (QED) is 0.143. The standard InChI is InChI=1S/C25H33IO4Si/c1-24(2,3)31(21-13-7-5-8-14-21,22-15-9-6-10-16-22)28-17-11-12-20-18-25(4,19-26)30-23(27)29-20/h5-10,13-16,20H,11-12,17-19H2,1-4H3/t20-,25-/m0/s1. The van der Waals surface area contributed by atoms with E-state index in [-0.39, 0.29) is 11.1 Å². The molecule has 1 fully saturated rings. The number of carbonyl (C=O) groups is 1. The molecule has 0 bridgehead atoms. The third-order valence-corrected chi connectivity index (χ3v) is 12.6. The van der Waals surface area contributed by atoms with Gasteiger partial charge in [0.15, 0.2) is 0 Å². The number of halogens is 1. The molecular weight excluding hydrogens is 519 g/mol. The molecule has 3 rings (SSSR count). The molecule has 0 radical (unpaired) electrons. The van der Waals surface area contributed by atoms with Crippen LogP contribution in [0, 0.1) is 0 Å². The molecule has 168 valence electrons. The molecule has 0 saturated carbocycles. The largest absolute Gasteiger partial charge is 0.509 e. The second-order valence-electron chi connectivity index (χ2n) is 9.53. The van der Waals surface area contributed by atoms with E-state index >= 15 is 0 Å². The monoisotopic (exact) mass is 552 g/mol. The van der Waals surface area contributed by atoms with Gasteiger partial charge in [0.2, 0.25) is 0 Å². The van der Waals surface area contributed by atoms with Crippen LogP contribution in [-0.2, 0) is 13.9 Å². The highest BCUT2D eigenvalue weighted by atomic mass is 127. The normalized spacial score (nSPS) is 22.0. The fourth-order valence-corrected chi connectivity index (χ4v) is 9.54. The number of alkyl halides is 1. The summed E-state index contributed by atoms with van der Waals surface area (Å²) in [5.74, 6) is 0. The second-order valence-corrected chi connectivity index (χ2v) is 14.6. The first-order chi connectivity index (χ1) is 14.7. The van der Waals surface area contributed by atoms with Crippen LogP contribution < -0.4 is 10.4 Å². The molecule has 1 heterocycles. The zero-order valence-electron chi connectivity index (χ0n) is 18.9. The lowest BCUT2D eigenvalue weighted by atomic mass is 9.97. The highest BCUT2D eigenvalue weighted by Crippen LogP contribution is 2.37. The molecular formula is C25H33IO4Si. The van der Waals surface area contributed by atoms with Crippen molar-refractivity contribution in [2.75, 3.05) is 11.0 Å². The molecule has 0 unspecified atom stereocenters. The van der Waals surface area contributed by atoms with E-state index in [4.69, 9.17) is 13.9 Å². The van der Waals surface area contributed by atoms with E-state index in [0.717, 1.165) is 23.7 Å². The van der Waals surface area contributed by atoms with Gasteiger partial charge in [0, 0.05) is 17.5 Å². The molecule has 0 amide bonds. The number of hydrogen-bond acceptors (Lipinski definition) is 4. The van der Waals surface area contributed by atoms with Gasteiger partial charge >= 0.3 is 6.16 Å². The van der Waals surface area contributed by atoms with Crippen molar-refractivity contribution in [3.8, 4) is 0 Å². The third-order valence-electron chi connectivity index (χ3n) is 5.94. The Labute approximate surface area is 200 Å². The van der Waals surface area contributed by atoms with Crippen molar-refractivity contribution in [3.05, 3.63) is 60.7 Å². The fourth-order valence-electron chi connectivity index (χ4n) is 4.47. The molecule has 0 N–H and O–H groups in total. The lowest BCUT2D eigenvalue weighted by Crippen LogP contribution is -2.66. The van der Waals surface area contributed by atoms with E-state index in [9.17, 15) is 4.79 Å². The Morgan fingerprint density at radius 3 is 2.10 bits per heavy atom. The van der Waals surface area contributed by atoms with Crippen molar-refractivity contribution in [1.29, 1.82) is 0 Å². The number of cyclic esters (lactones) is 2. The summed E-state index contributed by atoms with van der Waals surface area (Å²) in [6.45, 7) is 9.46. The van der Waals surface area contributed by atoms with Gasteiger partial charge in [-0.05, 0) is 35.2 Å². The van der Waals surface area contributed by atoms with Gasteiger partial charge in [-0.2, -0.15) is 0 Å². The van der Waals surface area contributed by atoms with Gasteiger partial charge in [-0.1, -0.05) is 104 Å². The Kier molecular flexibility index (Phi) is 7.86. The topological polar surface area (TPSA) is 44.8 Å². The summed E-state index contributed by atoms with van der Waals surface area (Å²) in [5, 5.41) is 2.52. The van der Waals surface area contributed by atoms with Crippen molar-refractivity contribution in [2.45, 2.75) is 63.7 Å². The molecule has 1 saturated heterocycles. The summed E-state index contributed by atoms with van der Waals surface area (Å²) in [5.41, 5.74) is -0.445.